The number of alkyl halides is 1. The summed E-state index contributed by atoms with van der Waals surface area (Å²) in [5.41, 5.74) is 7.10. The van der Waals surface area contributed by atoms with Crippen LogP contribution in [0.3, 0.4) is 0 Å². The smallest absolute Gasteiger partial charge is 0.322 e. The maximum Gasteiger partial charge on any atom is 0.322 e. The highest BCUT2D eigenvalue weighted by Gasteiger charge is 2.32. The molecule has 2 atom stereocenters. The highest BCUT2D eigenvalue weighted by molar-refractivity contribution is 6.36. The van der Waals surface area contributed by atoms with Crippen molar-refractivity contribution >= 4 is 46.3 Å². The topological polar surface area (TPSA) is 70.7 Å². The van der Waals surface area contributed by atoms with Gasteiger partial charge in [-0.2, -0.15) is 0 Å². The zero-order valence-electron chi connectivity index (χ0n) is 23.1. The van der Waals surface area contributed by atoms with Gasteiger partial charge in [0.05, 0.1) is 6.67 Å². The van der Waals surface area contributed by atoms with Gasteiger partial charge in [0, 0.05) is 29.7 Å². The number of hydrogen-bond donors (Lipinski definition) is 2. The van der Waals surface area contributed by atoms with Crippen molar-refractivity contribution < 1.29 is 18.7 Å². The zero-order chi connectivity index (χ0) is 29.2. The van der Waals surface area contributed by atoms with E-state index in [0.717, 1.165) is 90.0 Å². The van der Waals surface area contributed by atoms with Crippen LogP contribution in [0, 0.1) is 0 Å². The third-order valence-electron chi connectivity index (χ3n) is 8.22. The molecule has 3 aromatic carbocycles. The molecule has 42 heavy (non-hydrogen) atoms. The Labute approximate surface area is 254 Å². The molecule has 0 bridgehead atoms. The summed E-state index contributed by atoms with van der Waals surface area (Å²) in [6.45, 7) is 2.20. The number of imide groups is 1. The van der Waals surface area contributed by atoms with Gasteiger partial charge in [-0.3, -0.25) is 19.4 Å². The summed E-state index contributed by atoms with van der Waals surface area (Å²) < 4.78 is 18.9. The second kappa shape index (κ2) is 12.5. The number of allylic oxidation sites excluding steroid dienone is 1. The van der Waals surface area contributed by atoms with Crippen LogP contribution in [0.15, 0.2) is 60.7 Å². The van der Waals surface area contributed by atoms with Gasteiger partial charge in [-0.15, -0.1) is 0 Å². The lowest BCUT2D eigenvalue weighted by molar-refractivity contribution is -0.120. The molecule has 9 heteroatoms. The first kappa shape index (κ1) is 28.7. The van der Waals surface area contributed by atoms with Crippen molar-refractivity contribution in [3.05, 3.63) is 98.5 Å². The minimum Gasteiger partial charge on any atom is -0.489 e. The zero-order valence-corrected chi connectivity index (χ0v) is 24.6. The van der Waals surface area contributed by atoms with Crippen LogP contribution in [-0.4, -0.2) is 49.3 Å². The molecule has 0 radical (unpaired) electrons. The second-order valence-corrected chi connectivity index (χ2v) is 11.9. The molecule has 218 valence electrons. The lowest BCUT2D eigenvalue weighted by Crippen LogP contribution is -2.26. The number of urea groups is 1. The first-order chi connectivity index (χ1) is 20.4. The minimum absolute atomic E-state index is 0.0865. The number of carbonyl (C=O) groups excluding carboxylic acids is 2. The monoisotopic (exact) mass is 607 g/mol. The van der Waals surface area contributed by atoms with E-state index in [9.17, 15) is 14.0 Å². The number of nitrogens with one attached hydrogen (secondary N) is 2. The predicted octanol–water partition coefficient (Wildman–Crippen LogP) is 6.98. The molecule has 2 aliphatic heterocycles. The standard InChI is InChI=1S/C33H32Cl2FN3O3/c34-23-8-12-27(29(35)18-23)28-4-1-3-21-17-22(31-32(40)38-33(41)37-31)7-11-26(21)30(28)20-5-9-24(10-6-20)42-25-13-16-39(19-25)15-2-14-36/h5-12,17-18,25,31H,1-4,13-16,19H2,(H2,37,38,40,41). The van der Waals surface area contributed by atoms with Crippen molar-refractivity contribution in [2.24, 2.45) is 0 Å². The molecular formula is C33H32Cl2FN3O3. The molecular weight excluding hydrogens is 576 g/mol. The number of fused-ring (bicyclic) bond motifs is 1. The third-order valence-corrected chi connectivity index (χ3v) is 8.77. The number of rotatable bonds is 8. The predicted molar refractivity (Wildman–Crippen MR) is 164 cm³/mol. The van der Waals surface area contributed by atoms with Gasteiger partial charge in [-0.25, -0.2) is 4.79 Å². The fraction of sp³-hybridized carbons (Fsp3) is 0.333. The van der Waals surface area contributed by atoms with Crippen molar-refractivity contribution in [3.8, 4) is 5.75 Å². The van der Waals surface area contributed by atoms with E-state index in [2.05, 4.69) is 27.7 Å². The SMILES string of the molecule is O=C1NC(=O)C(c2ccc3c(c2)CCCC(c2ccc(Cl)cc2Cl)=C3c2ccc(OC3CCN(CCCF)C3)cc2)N1. The van der Waals surface area contributed by atoms with Gasteiger partial charge in [0.2, 0.25) is 0 Å². The van der Waals surface area contributed by atoms with Crippen molar-refractivity contribution in [2.45, 2.75) is 44.2 Å². The lowest BCUT2D eigenvalue weighted by atomic mass is 9.87. The third kappa shape index (κ3) is 6.05. The van der Waals surface area contributed by atoms with Crippen LogP contribution in [0.5, 0.6) is 5.75 Å². The summed E-state index contributed by atoms with van der Waals surface area (Å²) in [5.74, 6) is 0.455. The molecule has 3 aromatic rings. The van der Waals surface area contributed by atoms with E-state index < -0.39 is 12.1 Å². The fourth-order valence-electron chi connectivity index (χ4n) is 6.24. The average molecular weight is 609 g/mol. The number of nitrogens with zero attached hydrogens (tertiary/aromatic N) is 1. The number of ether oxygens (including phenoxy) is 1. The van der Waals surface area contributed by atoms with E-state index in [4.69, 9.17) is 27.9 Å². The van der Waals surface area contributed by atoms with Crippen LogP contribution in [0.25, 0.3) is 11.1 Å². The van der Waals surface area contributed by atoms with Gasteiger partial charge in [0.15, 0.2) is 0 Å². The van der Waals surface area contributed by atoms with Gasteiger partial charge in [-0.05, 0) is 95.3 Å². The molecule has 6 rings (SSSR count). The molecule has 2 saturated heterocycles. The van der Waals surface area contributed by atoms with E-state index in [0.29, 0.717) is 16.5 Å². The molecule has 2 fully saturated rings. The number of amides is 3. The summed E-state index contributed by atoms with van der Waals surface area (Å²) in [4.78, 5) is 26.4. The van der Waals surface area contributed by atoms with E-state index in [1.807, 2.05) is 42.5 Å². The number of carbonyl (C=O) groups is 2. The number of halogens is 3. The molecule has 6 nitrogen and oxygen atoms in total. The van der Waals surface area contributed by atoms with E-state index >= 15 is 0 Å². The summed E-state index contributed by atoms with van der Waals surface area (Å²) >= 11 is 13.0. The Morgan fingerprint density at radius 3 is 2.52 bits per heavy atom. The highest BCUT2D eigenvalue weighted by atomic mass is 35.5. The van der Waals surface area contributed by atoms with Crippen LogP contribution in [0.1, 0.15) is 59.5 Å². The van der Waals surface area contributed by atoms with Crippen LogP contribution in [0.2, 0.25) is 10.0 Å². The molecule has 2 N–H and O–H groups in total. The molecule has 3 aliphatic rings. The second-order valence-electron chi connectivity index (χ2n) is 11.0. The number of hydrogen-bond acceptors (Lipinski definition) is 4. The number of likely N-dealkylation sites (tertiary alicyclic amines) is 1. The van der Waals surface area contributed by atoms with Gasteiger partial charge in [0.1, 0.15) is 17.9 Å². The van der Waals surface area contributed by atoms with Crippen molar-refractivity contribution in [3.63, 3.8) is 0 Å². The molecule has 0 saturated carbocycles. The lowest BCUT2D eigenvalue weighted by Gasteiger charge is -2.20. The molecule has 2 heterocycles. The largest absolute Gasteiger partial charge is 0.489 e. The summed E-state index contributed by atoms with van der Waals surface area (Å²) in [6.07, 6.45) is 4.07. The van der Waals surface area contributed by atoms with Gasteiger partial charge in [0.25, 0.3) is 5.91 Å². The Kier molecular flexibility index (Phi) is 8.52. The Morgan fingerprint density at radius 2 is 1.79 bits per heavy atom. The molecule has 2 unspecified atom stereocenters. The maximum absolute atomic E-state index is 12.6. The Bertz CT molecular complexity index is 1540. The molecule has 3 amide bonds. The maximum atomic E-state index is 12.6. The number of aryl methyl sites for hydroxylation is 1. The molecule has 1 aliphatic carbocycles. The minimum atomic E-state index is -0.705. The first-order valence-electron chi connectivity index (χ1n) is 14.4. The van der Waals surface area contributed by atoms with Gasteiger partial charge < -0.3 is 10.1 Å². The van der Waals surface area contributed by atoms with Gasteiger partial charge >= 0.3 is 6.03 Å². The van der Waals surface area contributed by atoms with E-state index in [-0.39, 0.29) is 18.7 Å². The van der Waals surface area contributed by atoms with Crippen LogP contribution >= 0.6 is 23.2 Å². The fourth-order valence-corrected chi connectivity index (χ4v) is 6.77. The average Bonchev–Trinajstić information content (AvgIpc) is 3.51. The Hall–Kier alpha value is -3.39. The van der Waals surface area contributed by atoms with Crippen molar-refractivity contribution in [1.82, 2.24) is 15.5 Å². The number of benzene rings is 3. The van der Waals surface area contributed by atoms with E-state index in [1.54, 1.807) is 6.07 Å². The summed E-state index contributed by atoms with van der Waals surface area (Å²) in [6, 6.07) is 18.6. The molecule has 0 aromatic heterocycles. The van der Waals surface area contributed by atoms with Crippen LogP contribution in [-0.2, 0) is 11.2 Å². The van der Waals surface area contributed by atoms with Crippen molar-refractivity contribution in [1.29, 1.82) is 0 Å². The highest BCUT2D eigenvalue weighted by Crippen LogP contribution is 2.43. The van der Waals surface area contributed by atoms with Crippen molar-refractivity contribution in [2.75, 3.05) is 26.3 Å². The summed E-state index contributed by atoms with van der Waals surface area (Å²) in [7, 11) is 0. The van der Waals surface area contributed by atoms with Gasteiger partial charge in [-0.1, -0.05) is 59.6 Å². The normalized spacial score (nSPS) is 20.7. The van der Waals surface area contributed by atoms with Crippen LogP contribution in [0.4, 0.5) is 9.18 Å². The van der Waals surface area contributed by atoms with Crippen LogP contribution < -0.4 is 15.4 Å². The Morgan fingerprint density at radius 1 is 0.976 bits per heavy atom. The van der Waals surface area contributed by atoms with E-state index in [1.165, 1.54) is 0 Å². The molecule has 0 spiro atoms. The quantitative estimate of drug-likeness (QED) is 0.271. The Balaban J connectivity index is 1.36. The first-order valence-corrected chi connectivity index (χ1v) is 15.1. The summed E-state index contributed by atoms with van der Waals surface area (Å²) in [5, 5.41) is 6.20.